The third kappa shape index (κ3) is 4.62. The molecule has 2 heteroatoms. The number of ether oxygens (including phenoxy) is 1. The van der Waals surface area contributed by atoms with E-state index >= 15 is 0 Å². The van der Waals surface area contributed by atoms with Gasteiger partial charge in [0.05, 0.1) is 13.2 Å². The van der Waals surface area contributed by atoms with Crippen LogP contribution in [0.5, 0.6) is 0 Å². The predicted molar refractivity (Wildman–Crippen MR) is 59.5 cm³/mol. The molecule has 0 fully saturated rings. The molecule has 0 aromatic heterocycles. The number of benzene rings is 1. The van der Waals surface area contributed by atoms with E-state index in [0.29, 0.717) is 6.61 Å². The van der Waals surface area contributed by atoms with Gasteiger partial charge < -0.3 is 4.74 Å². The minimum atomic E-state index is 0.200. The molecule has 0 saturated carbocycles. The Bertz CT molecular complexity index is 358. The number of hydrogen-bond acceptors (Lipinski definition) is 1. The van der Waals surface area contributed by atoms with Crippen LogP contribution in [0.2, 0.25) is 0 Å². The highest BCUT2D eigenvalue weighted by atomic mass is 16.5. The lowest BCUT2D eigenvalue weighted by molar-refractivity contribution is -0.0909. The van der Waals surface area contributed by atoms with Crippen molar-refractivity contribution in [2.75, 3.05) is 6.61 Å². The van der Waals surface area contributed by atoms with Crippen molar-refractivity contribution >= 4 is 0 Å². The van der Waals surface area contributed by atoms with Gasteiger partial charge in [0.25, 0.3) is 0 Å². The molecule has 0 atom stereocenters. The molecule has 0 aliphatic heterocycles. The van der Waals surface area contributed by atoms with Crippen molar-refractivity contribution in [3.05, 3.63) is 35.4 Å². The topological polar surface area (TPSA) is 33.0 Å². The van der Waals surface area contributed by atoms with Crippen LogP contribution in [0.25, 0.3) is 0 Å². The van der Waals surface area contributed by atoms with Gasteiger partial charge in [-0.15, -0.1) is 0 Å². The number of hydrogen-bond donors (Lipinski definition) is 1. The normalized spacial score (nSPS) is 11.1. The Labute approximate surface area is 91.5 Å². The van der Waals surface area contributed by atoms with Crippen molar-refractivity contribution in [3.8, 4) is 6.07 Å². The van der Waals surface area contributed by atoms with Gasteiger partial charge in [-0.1, -0.05) is 38.2 Å². The second-order valence-corrected chi connectivity index (χ2v) is 4.88. The molecule has 1 aromatic carbocycles. The molecule has 0 radical (unpaired) electrons. The van der Waals surface area contributed by atoms with Gasteiger partial charge >= 0.3 is 6.07 Å². The molecular formula is C13H18NO+. The standard InChI is InChI=1S/C13H17NO/c1-13(2,3)10-15-9-12-6-4-5-11(7-12)8-14/h4-7H,9-10H2,1-3H3/p+1. The molecule has 1 aromatic rings. The lowest BCUT2D eigenvalue weighted by atomic mass is 9.99. The molecule has 0 bridgehead atoms. The van der Waals surface area contributed by atoms with Crippen molar-refractivity contribution in [2.45, 2.75) is 27.4 Å². The summed E-state index contributed by atoms with van der Waals surface area (Å²) >= 11 is 0. The van der Waals surface area contributed by atoms with E-state index in [0.717, 1.165) is 17.7 Å². The van der Waals surface area contributed by atoms with E-state index < -0.39 is 0 Å². The van der Waals surface area contributed by atoms with Gasteiger partial charge in [0, 0.05) is 0 Å². The van der Waals surface area contributed by atoms with E-state index in [2.05, 4.69) is 26.8 Å². The third-order valence-corrected chi connectivity index (χ3v) is 1.88. The summed E-state index contributed by atoms with van der Waals surface area (Å²) in [6.45, 7) is 7.79. The molecule has 0 amide bonds. The Hall–Kier alpha value is -1.33. The summed E-state index contributed by atoms with van der Waals surface area (Å²) in [5.41, 5.74) is 2.09. The maximum absolute atomic E-state index is 7.03. The van der Waals surface area contributed by atoms with Crippen LogP contribution < -0.4 is 5.26 Å². The fourth-order valence-electron chi connectivity index (χ4n) is 1.21. The molecule has 0 heterocycles. The SMILES string of the molecule is CC(C)(C)COCc1cccc(C#[NH+])c1. The first-order valence-electron chi connectivity index (χ1n) is 5.11. The van der Waals surface area contributed by atoms with Gasteiger partial charge in [-0.25, -0.2) is 0 Å². The van der Waals surface area contributed by atoms with E-state index in [-0.39, 0.29) is 5.41 Å². The van der Waals surface area contributed by atoms with Gasteiger partial charge in [0.15, 0.2) is 0 Å². The molecular weight excluding hydrogens is 186 g/mol. The Kier molecular flexibility index (Phi) is 3.88. The molecule has 0 aliphatic carbocycles. The zero-order chi connectivity index (χ0) is 11.3. The molecule has 0 unspecified atom stereocenters. The lowest BCUT2D eigenvalue weighted by Crippen LogP contribution is -2.17. The molecule has 1 rings (SSSR count). The average molecular weight is 204 g/mol. The molecule has 2 nitrogen and oxygen atoms in total. The maximum atomic E-state index is 7.03. The van der Waals surface area contributed by atoms with Crippen LogP contribution >= 0.6 is 0 Å². The van der Waals surface area contributed by atoms with E-state index in [4.69, 9.17) is 10.00 Å². The van der Waals surface area contributed by atoms with Crippen molar-refractivity contribution in [3.63, 3.8) is 0 Å². The summed E-state index contributed by atoms with van der Waals surface area (Å²) in [6, 6.07) is 10.1. The first-order valence-corrected chi connectivity index (χ1v) is 5.11. The van der Waals surface area contributed by atoms with Crippen molar-refractivity contribution in [1.82, 2.24) is 0 Å². The van der Waals surface area contributed by atoms with Crippen molar-refractivity contribution in [2.24, 2.45) is 5.41 Å². The van der Waals surface area contributed by atoms with Crippen molar-refractivity contribution < 1.29 is 10.00 Å². The second kappa shape index (κ2) is 4.95. The molecule has 0 aliphatic rings. The van der Waals surface area contributed by atoms with Crippen LogP contribution in [-0.4, -0.2) is 6.61 Å². The molecule has 15 heavy (non-hydrogen) atoms. The van der Waals surface area contributed by atoms with E-state index in [9.17, 15) is 0 Å². The van der Waals surface area contributed by atoms with E-state index in [1.807, 2.05) is 24.3 Å². The maximum Gasteiger partial charge on any atom is 0.308 e. The summed E-state index contributed by atoms with van der Waals surface area (Å²) < 4.78 is 5.59. The van der Waals surface area contributed by atoms with Gasteiger partial charge in [-0.05, 0) is 23.1 Å². The van der Waals surface area contributed by atoms with E-state index in [1.165, 1.54) is 0 Å². The second-order valence-electron chi connectivity index (χ2n) is 4.88. The minimum absolute atomic E-state index is 0.200. The summed E-state index contributed by atoms with van der Waals surface area (Å²) in [7, 11) is 0. The van der Waals surface area contributed by atoms with Crippen LogP contribution in [0.3, 0.4) is 0 Å². The molecule has 0 spiro atoms. The smallest absolute Gasteiger partial charge is 0.308 e. The Morgan fingerprint density at radius 3 is 2.67 bits per heavy atom. The van der Waals surface area contributed by atoms with Crippen LogP contribution in [-0.2, 0) is 11.3 Å². The fourth-order valence-corrected chi connectivity index (χ4v) is 1.21. The highest BCUT2D eigenvalue weighted by Crippen LogP contribution is 2.14. The lowest BCUT2D eigenvalue weighted by Gasteiger charge is -2.17. The number of nitrogens with one attached hydrogen (secondary N) is 1. The van der Waals surface area contributed by atoms with Crippen LogP contribution in [0.15, 0.2) is 24.3 Å². The molecule has 1 N–H and O–H groups in total. The van der Waals surface area contributed by atoms with Crippen LogP contribution in [0, 0.1) is 11.5 Å². The first-order chi connectivity index (χ1) is 7.01. The first kappa shape index (κ1) is 11.7. The zero-order valence-electron chi connectivity index (χ0n) is 9.63. The van der Waals surface area contributed by atoms with Crippen molar-refractivity contribution in [1.29, 1.82) is 0 Å². The largest absolute Gasteiger partial charge is 0.376 e. The summed E-state index contributed by atoms with van der Waals surface area (Å²) in [6.07, 6.45) is 0. The minimum Gasteiger partial charge on any atom is -0.376 e. The highest BCUT2D eigenvalue weighted by Gasteiger charge is 2.09. The van der Waals surface area contributed by atoms with Gasteiger partial charge in [0.2, 0.25) is 0 Å². The summed E-state index contributed by atoms with van der Waals surface area (Å²) in [5.74, 6) is 0. The summed E-state index contributed by atoms with van der Waals surface area (Å²) in [4.78, 5) is 0. The summed E-state index contributed by atoms with van der Waals surface area (Å²) in [5, 5.41) is 7.03. The molecule has 0 saturated heterocycles. The van der Waals surface area contributed by atoms with Gasteiger partial charge in [-0.3, -0.25) is 0 Å². The predicted octanol–water partition coefficient (Wildman–Crippen LogP) is 1.37. The van der Waals surface area contributed by atoms with Gasteiger partial charge in [-0.2, -0.15) is 0 Å². The Morgan fingerprint density at radius 1 is 1.33 bits per heavy atom. The van der Waals surface area contributed by atoms with Crippen LogP contribution in [0.1, 0.15) is 31.9 Å². The fraction of sp³-hybridized carbons (Fsp3) is 0.462. The third-order valence-electron chi connectivity index (χ3n) is 1.88. The highest BCUT2D eigenvalue weighted by molar-refractivity contribution is 5.31. The zero-order valence-corrected chi connectivity index (χ0v) is 9.63. The van der Waals surface area contributed by atoms with Crippen LogP contribution in [0.4, 0.5) is 0 Å². The van der Waals surface area contributed by atoms with E-state index in [1.54, 1.807) is 0 Å². The molecule has 80 valence electrons. The average Bonchev–Trinajstić information content (AvgIpc) is 2.16. The number of rotatable bonds is 3. The Balaban J connectivity index is 2.48. The quantitative estimate of drug-likeness (QED) is 0.792. The van der Waals surface area contributed by atoms with Gasteiger partial charge in [0.1, 0.15) is 5.56 Å². The Morgan fingerprint density at radius 2 is 2.07 bits per heavy atom. The monoisotopic (exact) mass is 204 g/mol.